The third kappa shape index (κ3) is 2.80. The zero-order valence-electron chi connectivity index (χ0n) is 9.00. The van der Waals surface area contributed by atoms with Crippen LogP contribution < -0.4 is 4.90 Å². The number of carbonyl (C=O) groups is 1. The molecular formula is C11H11BrF2N2O. The van der Waals surface area contributed by atoms with Crippen molar-refractivity contribution in [3.8, 4) is 0 Å². The van der Waals surface area contributed by atoms with E-state index in [-0.39, 0.29) is 12.8 Å². The molecule has 92 valence electrons. The van der Waals surface area contributed by atoms with Gasteiger partial charge in [0, 0.05) is 30.4 Å². The van der Waals surface area contributed by atoms with Gasteiger partial charge in [-0.05, 0) is 22.0 Å². The lowest BCUT2D eigenvalue weighted by atomic mass is 10.1. The van der Waals surface area contributed by atoms with Gasteiger partial charge in [-0.1, -0.05) is 0 Å². The molecule has 0 N–H and O–H groups in total. The maximum Gasteiger partial charge on any atom is 0.251 e. The lowest BCUT2D eigenvalue weighted by molar-refractivity contribution is -0.0220. The van der Waals surface area contributed by atoms with Crippen molar-refractivity contribution in [2.75, 3.05) is 18.0 Å². The van der Waals surface area contributed by atoms with Gasteiger partial charge in [-0.25, -0.2) is 8.78 Å². The molecule has 0 bridgehead atoms. The Hall–Kier alpha value is -1.04. The number of halogens is 3. The number of anilines is 1. The molecule has 3 nitrogen and oxygen atoms in total. The van der Waals surface area contributed by atoms with Crippen molar-refractivity contribution in [1.29, 1.82) is 0 Å². The van der Waals surface area contributed by atoms with Gasteiger partial charge in [0.05, 0.1) is 11.9 Å². The number of pyridine rings is 1. The fourth-order valence-electron chi connectivity index (χ4n) is 1.79. The molecule has 0 aliphatic carbocycles. The lowest BCUT2D eigenvalue weighted by Crippen LogP contribution is -2.39. The molecule has 1 aromatic rings. The quantitative estimate of drug-likeness (QED) is 0.788. The fraction of sp³-hybridized carbons (Fsp3) is 0.455. The van der Waals surface area contributed by atoms with E-state index < -0.39 is 5.92 Å². The number of alkyl halides is 2. The Morgan fingerprint density at radius 2 is 2.06 bits per heavy atom. The van der Waals surface area contributed by atoms with Gasteiger partial charge in [0.2, 0.25) is 0 Å². The van der Waals surface area contributed by atoms with Crippen molar-refractivity contribution < 1.29 is 13.6 Å². The van der Waals surface area contributed by atoms with Gasteiger partial charge in [-0.2, -0.15) is 0 Å². The maximum atomic E-state index is 13.0. The van der Waals surface area contributed by atoms with E-state index in [9.17, 15) is 13.6 Å². The number of carbonyl (C=O) groups excluding carboxylic acids is 1. The minimum Gasteiger partial charge on any atom is -0.370 e. The van der Waals surface area contributed by atoms with Crippen molar-refractivity contribution >= 4 is 27.9 Å². The second kappa shape index (κ2) is 4.68. The van der Waals surface area contributed by atoms with Gasteiger partial charge in [-0.3, -0.25) is 9.78 Å². The summed E-state index contributed by atoms with van der Waals surface area (Å²) in [6, 6.07) is 1.74. The van der Waals surface area contributed by atoms with Crippen molar-refractivity contribution in [2.45, 2.75) is 18.8 Å². The smallest absolute Gasteiger partial charge is 0.251 e. The van der Waals surface area contributed by atoms with E-state index in [1.165, 1.54) is 6.20 Å². The number of rotatable bonds is 2. The molecule has 1 aromatic heterocycles. The average molecular weight is 305 g/mol. The molecule has 1 aliphatic heterocycles. The van der Waals surface area contributed by atoms with Crippen LogP contribution in [0, 0.1) is 0 Å². The molecule has 0 saturated carbocycles. The van der Waals surface area contributed by atoms with Crippen LogP contribution in [0.1, 0.15) is 23.3 Å². The van der Waals surface area contributed by atoms with Gasteiger partial charge in [0.25, 0.3) is 5.92 Å². The summed E-state index contributed by atoms with van der Waals surface area (Å²) in [5.41, 5.74) is 1.08. The SMILES string of the molecule is O=Cc1ncc(N2CCC(F)(F)CC2)cc1Br. The van der Waals surface area contributed by atoms with E-state index in [4.69, 9.17) is 0 Å². The summed E-state index contributed by atoms with van der Waals surface area (Å²) in [5.74, 6) is -2.55. The molecule has 2 rings (SSSR count). The number of piperidine rings is 1. The monoisotopic (exact) mass is 304 g/mol. The summed E-state index contributed by atoms with van der Waals surface area (Å²) in [6.07, 6.45) is 1.91. The minimum absolute atomic E-state index is 0.139. The first-order chi connectivity index (χ1) is 8.02. The molecular weight excluding hydrogens is 294 g/mol. The van der Waals surface area contributed by atoms with Crippen LogP contribution in [0.5, 0.6) is 0 Å². The predicted molar refractivity (Wildman–Crippen MR) is 63.7 cm³/mol. The zero-order valence-corrected chi connectivity index (χ0v) is 10.6. The molecule has 0 spiro atoms. The van der Waals surface area contributed by atoms with Crippen LogP contribution >= 0.6 is 15.9 Å². The van der Waals surface area contributed by atoms with Crippen LogP contribution in [0.15, 0.2) is 16.7 Å². The first kappa shape index (κ1) is 12.4. The summed E-state index contributed by atoms with van der Waals surface area (Å²) in [7, 11) is 0. The summed E-state index contributed by atoms with van der Waals surface area (Å²) >= 11 is 3.23. The average Bonchev–Trinajstić information content (AvgIpc) is 2.29. The highest BCUT2D eigenvalue weighted by atomic mass is 79.9. The fourth-order valence-corrected chi connectivity index (χ4v) is 2.22. The Labute approximate surface area is 106 Å². The normalized spacial score (nSPS) is 19.1. The lowest BCUT2D eigenvalue weighted by Gasteiger charge is -2.33. The largest absolute Gasteiger partial charge is 0.370 e. The van der Waals surface area contributed by atoms with Gasteiger partial charge >= 0.3 is 0 Å². The summed E-state index contributed by atoms with van der Waals surface area (Å²) in [6.45, 7) is 0.614. The first-order valence-electron chi connectivity index (χ1n) is 5.25. The van der Waals surface area contributed by atoms with Gasteiger partial charge in [-0.15, -0.1) is 0 Å². The van der Waals surface area contributed by atoms with Crippen molar-refractivity contribution in [2.24, 2.45) is 0 Å². The maximum absolute atomic E-state index is 13.0. The first-order valence-corrected chi connectivity index (χ1v) is 6.05. The Balaban J connectivity index is 2.14. The molecule has 0 aromatic carbocycles. The number of aldehydes is 1. The van der Waals surface area contributed by atoms with Gasteiger partial charge < -0.3 is 4.90 Å². The molecule has 17 heavy (non-hydrogen) atoms. The van der Waals surface area contributed by atoms with Crippen LogP contribution in [-0.2, 0) is 0 Å². The number of aromatic nitrogens is 1. The third-order valence-electron chi connectivity index (χ3n) is 2.83. The zero-order chi connectivity index (χ0) is 12.5. The third-order valence-corrected chi connectivity index (χ3v) is 3.46. The van der Waals surface area contributed by atoms with E-state index in [0.717, 1.165) is 5.69 Å². The molecule has 1 aliphatic rings. The molecule has 0 atom stereocenters. The van der Waals surface area contributed by atoms with Gasteiger partial charge in [0.15, 0.2) is 6.29 Å². The van der Waals surface area contributed by atoms with E-state index in [1.807, 2.05) is 4.90 Å². The van der Waals surface area contributed by atoms with Crippen molar-refractivity contribution in [3.05, 3.63) is 22.4 Å². The van der Waals surface area contributed by atoms with E-state index in [0.29, 0.717) is 29.5 Å². The molecule has 0 unspecified atom stereocenters. The molecule has 2 heterocycles. The Kier molecular flexibility index (Phi) is 3.42. The summed E-state index contributed by atoms with van der Waals surface area (Å²) < 4.78 is 26.6. The molecule has 0 amide bonds. The van der Waals surface area contributed by atoms with E-state index in [2.05, 4.69) is 20.9 Å². The van der Waals surface area contributed by atoms with Crippen LogP contribution in [0.25, 0.3) is 0 Å². The second-order valence-corrected chi connectivity index (χ2v) is 4.88. The predicted octanol–water partition coefficient (Wildman–Crippen LogP) is 2.89. The van der Waals surface area contributed by atoms with Crippen LogP contribution in [0.3, 0.4) is 0 Å². The minimum atomic E-state index is -2.55. The number of hydrogen-bond acceptors (Lipinski definition) is 3. The van der Waals surface area contributed by atoms with Gasteiger partial charge in [0.1, 0.15) is 5.69 Å². The molecule has 1 saturated heterocycles. The van der Waals surface area contributed by atoms with Crippen molar-refractivity contribution in [3.63, 3.8) is 0 Å². The van der Waals surface area contributed by atoms with Crippen LogP contribution in [0.2, 0.25) is 0 Å². The van der Waals surface area contributed by atoms with E-state index >= 15 is 0 Å². The molecule has 0 radical (unpaired) electrons. The Bertz CT molecular complexity index is 429. The van der Waals surface area contributed by atoms with Crippen LogP contribution in [0.4, 0.5) is 14.5 Å². The molecule has 6 heteroatoms. The second-order valence-electron chi connectivity index (χ2n) is 4.02. The summed E-state index contributed by atoms with van der Waals surface area (Å²) in [5, 5.41) is 0. The number of nitrogens with zero attached hydrogens (tertiary/aromatic N) is 2. The highest BCUT2D eigenvalue weighted by molar-refractivity contribution is 9.10. The Morgan fingerprint density at radius 1 is 1.41 bits per heavy atom. The van der Waals surface area contributed by atoms with E-state index in [1.54, 1.807) is 6.07 Å². The topological polar surface area (TPSA) is 33.2 Å². The standard InChI is InChI=1S/C11H11BrF2N2O/c12-9-5-8(6-15-10(9)7-17)16-3-1-11(13,14)2-4-16/h5-7H,1-4H2. The Morgan fingerprint density at radius 3 is 2.59 bits per heavy atom. The number of hydrogen-bond donors (Lipinski definition) is 0. The van der Waals surface area contributed by atoms with Crippen LogP contribution in [-0.4, -0.2) is 30.3 Å². The van der Waals surface area contributed by atoms with Crippen molar-refractivity contribution in [1.82, 2.24) is 4.98 Å². The summed E-state index contributed by atoms with van der Waals surface area (Å²) in [4.78, 5) is 16.4. The molecule has 1 fully saturated rings. The highest BCUT2D eigenvalue weighted by Crippen LogP contribution is 2.31. The highest BCUT2D eigenvalue weighted by Gasteiger charge is 2.34.